The molecule has 0 bridgehead atoms. The van der Waals surface area contributed by atoms with Crippen molar-refractivity contribution in [3.05, 3.63) is 0 Å². The van der Waals surface area contributed by atoms with Crippen LogP contribution in [0.25, 0.3) is 0 Å². The highest BCUT2D eigenvalue weighted by Gasteiger charge is 2.40. The fourth-order valence-corrected chi connectivity index (χ4v) is 2.41. The number of aliphatic carboxylic acids is 1. The summed E-state index contributed by atoms with van der Waals surface area (Å²) in [5, 5.41) is 10.8. The Morgan fingerprint density at radius 3 is 1.88 bits per heavy atom. The molecule has 0 radical (unpaired) electrons. The van der Waals surface area contributed by atoms with Gasteiger partial charge in [0.15, 0.2) is 0 Å². The summed E-state index contributed by atoms with van der Waals surface area (Å²) in [5.74, 6) is -1.57. The Balaban J connectivity index is 4.84. The zero-order valence-electron chi connectivity index (χ0n) is 11.2. The van der Waals surface area contributed by atoms with Crippen LogP contribution in [0.3, 0.4) is 0 Å². The van der Waals surface area contributed by atoms with E-state index in [0.29, 0.717) is 0 Å². The maximum Gasteiger partial charge on any atom is 0.321 e. The van der Waals surface area contributed by atoms with E-state index < -0.39 is 38.2 Å². The predicted octanol–water partition coefficient (Wildman–Crippen LogP) is 0.901. The van der Waals surface area contributed by atoms with Gasteiger partial charge in [0.1, 0.15) is 10.00 Å². The fourth-order valence-electron chi connectivity index (χ4n) is 1.10. The van der Waals surface area contributed by atoms with E-state index in [2.05, 4.69) is 5.32 Å². The van der Waals surface area contributed by atoms with Crippen LogP contribution < -0.4 is 5.32 Å². The van der Waals surface area contributed by atoms with Gasteiger partial charge in [-0.2, -0.15) is 0 Å². The van der Waals surface area contributed by atoms with Gasteiger partial charge in [0, 0.05) is 5.54 Å². The standard InChI is InChI=1S/C11H21NO4S/c1-7(8(13)12-10(2,3)4)17(16)11(5,6)9(14)15/h7H,1-6H3,(H,12,13)(H,14,15). The summed E-state index contributed by atoms with van der Waals surface area (Å²) in [4.78, 5) is 22.7. The van der Waals surface area contributed by atoms with Gasteiger partial charge in [0.25, 0.3) is 0 Å². The second-order valence-electron chi connectivity index (χ2n) is 5.49. The van der Waals surface area contributed by atoms with Crippen molar-refractivity contribution in [2.45, 2.75) is 57.1 Å². The van der Waals surface area contributed by atoms with Crippen molar-refractivity contribution in [1.29, 1.82) is 0 Å². The number of carboxylic acid groups (broad SMARTS) is 1. The third-order valence-electron chi connectivity index (χ3n) is 2.21. The lowest BCUT2D eigenvalue weighted by Gasteiger charge is -2.26. The van der Waals surface area contributed by atoms with E-state index in [4.69, 9.17) is 5.11 Å². The van der Waals surface area contributed by atoms with Crippen molar-refractivity contribution in [2.75, 3.05) is 0 Å². The minimum absolute atomic E-state index is 0.398. The van der Waals surface area contributed by atoms with Crippen LogP contribution in [0, 0.1) is 0 Å². The van der Waals surface area contributed by atoms with Crippen molar-refractivity contribution in [1.82, 2.24) is 5.32 Å². The SMILES string of the molecule is CC(C(=O)NC(C)(C)C)S(=O)C(C)(C)C(=O)O. The summed E-state index contributed by atoms with van der Waals surface area (Å²) in [6.45, 7) is 9.61. The highest BCUT2D eigenvalue weighted by atomic mass is 32.2. The molecule has 0 aromatic heterocycles. The Bertz CT molecular complexity index is 344. The molecular weight excluding hydrogens is 242 g/mol. The molecule has 6 heteroatoms. The molecule has 0 fully saturated rings. The lowest BCUT2D eigenvalue weighted by Crippen LogP contribution is -2.50. The quantitative estimate of drug-likeness (QED) is 0.789. The molecular formula is C11H21NO4S. The van der Waals surface area contributed by atoms with Crippen LogP contribution in [0.2, 0.25) is 0 Å². The first kappa shape index (κ1) is 16.1. The number of amides is 1. The van der Waals surface area contributed by atoms with Crippen LogP contribution in [0.1, 0.15) is 41.5 Å². The Labute approximate surface area is 104 Å². The predicted molar refractivity (Wildman–Crippen MR) is 67.2 cm³/mol. The van der Waals surface area contributed by atoms with Crippen molar-refractivity contribution in [3.63, 3.8) is 0 Å². The summed E-state index contributed by atoms with van der Waals surface area (Å²) >= 11 is 0. The second-order valence-corrected chi connectivity index (χ2v) is 7.82. The number of carboxylic acids is 1. The topological polar surface area (TPSA) is 83.5 Å². The van der Waals surface area contributed by atoms with Crippen LogP contribution in [-0.2, 0) is 20.4 Å². The minimum Gasteiger partial charge on any atom is -0.480 e. The van der Waals surface area contributed by atoms with Crippen molar-refractivity contribution < 1.29 is 18.9 Å². The summed E-state index contributed by atoms with van der Waals surface area (Å²) in [7, 11) is -1.78. The largest absolute Gasteiger partial charge is 0.480 e. The zero-order chi connectivity index (χ0) is 14.0. The maximum absolute atomic E-state index is 12.0. The third-order valence-corrected chi connectivity index (χ3v) is 4.24. The van der Waals surface area contributed by atoms with Crippen molar-refractivity contribution in [2.24, 2.45) is 0 Å². The molecule has 0 rings (SSSR count). The van der Waals surface area contributed by atoms with Crippen LogP contribution in [-0.4, -0.2) is 36.7 Å². The molecule has 0 heterocycles. The first-order valence-corrected chi connectivity index (χ1v) is 6.57. The van der Waals surface area contributed by atoms with Gasteiger partial charge in [-0.05, 0) is 41.5 Å². The molecule has 5 nitrogen and oxygen atoms in total. The van der Waals surface area contributed by atoms with Gasteiger partial charge in [0.2, 0.25) is 5.91 Å². The van der Waals surface area contributed by atoms with Gasteiger partial charge < -0.3 is 10.4 Å². The van der Waals surface area contributed by atoms with E-state index in [-0.39, 0.29) is 0 Å². The highest BCUT2D eigenvalue weighted by Crippen LogP contribution is 2.18. The monoisotopic (exact) mass is 263 g/mol. The molecule has 0 aliphatic heterocycles. The smallest absolute Gasteiger partial charge is 0.321 e. The lowest BCUT2D eigenvalue weighted by atomic mass is 10.1. The van der Waals surface area contributed by atoms with Gasteiger partial charge in [-0.3, -0.25) is 13.8 Å². The number of carbonyl (C=O) groups is 2. The molecule has 0 spiro atoms. The van der Waals surface area contributed by atoms with Gasteiger partial charge in [-0.1, -0.05) is 0 Å². The van der Waals surface area contributed by atoms with Gasteiger partial charge >= 0.3 is 5.97 Å². The van der Waals surface area contributed by atoms with Crippen molar-refractivity contribution >= 4 is 22.7 Å². The number of hydrogen-bond donors (Lipinski definition) is 2. The maximum atomic E-state index is 12.0. The normalized spacial score (nSPS) is 16.1. The van der Waals surface area contributed by atoms with Crippen LogP contribution >= 0.6 is 0 Å². The summed E-state index contributed by atoms with van der Waals surface area (Å²) in [6.07, 6.45) is 0. The van der Waals surface area contributed by atoms with E-state index in [0.717, 1.165) is 0 Å². The van der Waals surface area contributed by atoms with Crippen LogP contribution in [0.5, 0.6) is 0 Å². The molecule has 0 aromatic rings. The molecule has 2 atom stereocenters. The number of nitrogens with one attached hydrogen (secondary N) is 1. The number of hydrogen-bond acceptors (Lipinski definition) is 3. The van der Waals surface area contributed by atoms with E-state index >= 15 is 0 Å². The molecule has 17 heavy (non-hydrogen) atoms. The average Bonchev–Trinajstić information content (AvgIpc) is 2.12. The second kappa shape index (κ2) is 5.16. The Morgan fingerprint density at radius 1 is 1.18 bits per heavy atom. The van der Waals surface area contributed by atoms with Gasteiger partial charge in [-0.25, -0.2) is 0 Å². The zero-order valence-corrected chi connectivity index (χ0v) is 12.0. The Hall–Kier alpha value is -0.910. The molecule has 0 saturated carbocycles. The van der Waals surface area contributed by atoms with E-state index in [1.54, 1.807) is 0 Å². The minimum atomic E-state index is -1.78. The summed E-state index contributed by atoms with van der Waals surface area (Å²) in [5.41, 5.74) is -0.428. The molecule has 2 unspecified atom stereocenters. The van der Waals surface area contributed by atoms with Crippen LogP contribution in [0.15, 0.2) is 0 Å². The molecule has 0 saturated heterocycles. The number of rotatable bonds is 4. The molecule has 1 amide bonds. The number of carbonyl (C=O) groups excluding carboxylic acids is 1. The van der Waals surface area contributed by atoms with E-state index in [1.165, 1.54) is 20.8 Å². The van der Waals surface area contributed by atoms with Gasteiger partial charge in [0.05, 0.1) is 10.8 Å². The summed E-state index contributed by atoms with van der Waals surface area (Å²) in [6, 6.07) is 0. The third kappa shape index (κ3) is 4.46. The molecule has 0 aliphatic rings. The van der Waals surface area contributed by atoms with E-state index in [9.17, 15) is 13.8 Å². The molecule has 0 aromatic carbocycles. The van der Waals surface area contributed by atoms with Crippen molar-refractivity contribution in [3.8, 4) is 0 Å². The fraction of sp³-hybridized carbons (Fsp3) is 0.818. The Morgan fingerprint density at radius 2 is 1.59 bits per heavy atom. The van der Waals surface area contributed by atoms with Crippen LogP contribution in [0.4, 0.5) is 0 Å². The first-order valence-electron chi connectivity index (χ1n) is 5.35. The van der Waals surface area contributed by atoms with Gasteiger partial charge in [-0.15, -0.1) is 0 Å². The average molecular weight is 263 g/mol. The van der Waals surface area contributed by atoms with E-state index in [1.807, 2.05) is 20.8 Å². The Kier molecular flexibility index (Phi) is 4.89. The first-order chi connectivity index (χ1) is 7.39. The lowest BCUT2D eigenvalue weighted by molar-refractivity contribution is -0.139. The highest BCUT2D eigenvalue weighted by molar-refractivity contribution is 7.88. The summed E-state index contributed by atoms with van der Waals surface area (Å²) < 4.78 is 10.6. The molecule has 0 aliphatic carbocycles. The molecule has 100 valence electrons. The molecule has 2 N–H and O–H groups in total.